The molecule has 5 unspecified atom stereocenters. The Kier molecular flexibility index (Phi) is 14.3. The summed E-state index contributed by atoms with van der Waals surface area (Å²) < 4.78 is 5.37. The normalized spacial score (nSPS) is 23.7. The van der Waals surface area contributed by atoms with Crippen LogP contribution in [0.25, 0.3) is 0 Å². The molecule has 0 aromatic rings. The summed E-state index contributed by atoms with van der Waals surface area (Å²) in [6.45, 7) is 15.5. The number of allylic oxidation sites excluding steroid dienone is 6. The topological polar surface area (TPSA) is 101 Å². The zero-order valence-electron chi connectivity index (χ0n) is 24.4. The lowest BCUT2D eigenvalue weighted by Crippen LogP contribution is -2.34. The van der Waals surface area contributed by atoms with Crippen molar-refractivity contribution >= 4 is 17.7 Å². The predicted octanol–water partition coefficient (Wildman–Crippen LogP) is 6.47. The van der Waals surface area contributed by atoms with Crippen molar-refractivity contribution in [3.8, 4) is 0 Å². The second-order valence-electron chi connectivity index (χ2n) is 11.4. The van der Waals surface area contributed by atoms with Gasteiger partial charge in [0, 0.05) is 29.9 Å². The minimum absolute atomic E-state index is 0.0283. The summed E-state index contributed by atoms with van der Waals surface area (Å²) >= 11 is 0. The Hall–Kier alpha value is -2.73. The zero-order chi connectivity index (χ0) is 29.0. The molecule has 38 heavy (non-hydrogen) atoms. The van der Waals surface area contributed by atoms with Gasteiger partial charge in [-0.2, -0.15) is 0 Å². The highest BCUT2D eigenvalue weighted by molar-refractivity contribution is 5.85. The van der Waals surface area contributed by atoms with Gasteiger partial charge in [0.25, 0.3) is 0 Å². The fraction of sp³-hybridized carbons (Fsp3) is 0.594. The average molecular weight is 529 g/mol. The van der Waals surface area contributed by atoms with E-state index in [9.17, 15) is 19.5 Å². The van der Waals surface area contributed by atoms with Crippen LogP contribution in [0.3, 0.4) is 0 Å². The van der Waals surface area contributed by atoms with E-state index >= 15 is 0 Å². The van der Waals surface area contributed by atoms with E-state index in [1.807, 2.05) is 52.0 Å². The van der Waals surface area contributed by atoms with Crippen LogP contribution in [-0.2, 0) is 19.1 Å². The maximum absolute atomic E-state index is 12.9. The van der Waals surface area contributed by atoms with Crippen molar-refractivity contribution in [1.29, 1.82) is 0 Å². The molecular weight excluding hydrogens is 480 g/mol. The number of ether oxygens (including phenoxy) is 1. The maximum Gasteiger partial charge on any atom is 0.331 e. The van der Waals surface area contributed by atoms with Gasteiger partial charge in [-0.25, -0.2) is 9.59 Å². The molecule has 0 amide bonds. The summed E-state index contributed by atoms with van der Waals surface area (Å²) in [5.41, 5.74) is 1.67. The van der Waals surface area contributed by atoms with Crippen LogP contribution in [0.1, 0.15) is 74.7 Å². The minimum atomic E-state index is -1.01. The van der Waals surface area contributed by atoms with E-state index in [2.05, 4.69) is 26.0 Å². The number of Topliss-reactive ketones (excluding diaryl/α,β-unsaturated/α-hetero) is 1. The third-order valence-electron chi connectivity index (χ3n) is 7.15. The smallest absolute Gasteiger partial charge is 0.331 e. The number of cyclic esters (lactones) is 1. The van der Waals surface area contributed by atoms with Gasteiger partial charge in [0.1, 0.15) is 11.9 Å². The summed E-state index contributed by atoms with van der Waals surface area (Å²) in [7, 11) is 0. The van der Waals surface area contributed by atoms with E-state index in [1.54, 1.807) is 13.8 Å². The Balaban J connectivity index is 2.56. The first-order valence-corrected chi connectivity index (χ1v) is 13.7. The number of hydrogen-bond donors (Lipinski definition) is 2. The lowest BCUT2D eigenvalue weighted by molar-refractivity contribution is -0.143. The molecule has 0 saturated heterocycles. The first kappa shape index (κ1) is 33.3. The molecule has 0 aliphatic carbocycles. The highest BCUT2D eigenvalue weighted by atomic mass is 16.5. The monoisotopic (exact) mass is 528 g/mol. The predicted molar refractivity (Wildman–Crippen MR) is 152 cm³/mol. The number of carbonyl (C=O) groups is 3. The molecule has 1 aliphatic rings. The summed E-state index contributed by atoms with van der Waals surface area (Å²) in [6.07, 6.45) is 16.1. The molecule has 1 heterocycles. The fourth-order valence-electron chi connectivity index (χ4n) is 4.94. The third-order valence-corrected chi connectivity index (χ3v) is 7.15. The van der Waals surface area contributed by atoms with Crippen molar-refractivity contribution < 1.29 is 29.3 Å². The Morgan fingerprint density at radius 2 is 1.79 bits per heavy atom. The van der Waals surface area contributed by atoms with Gasteiger partial charge >= 0.3 is 11.9 Å². The number of hydrogen-bond acceptors (Lipinski definition) is 5. The molecule has 212 valence electrons. The second-order valence-corrected chi connectivity index (χ2v) is 11.4. The fourth-order valence-corrected chi connectivity index (χ4v) is 4.94. The van der Waals surface area contributed by atoms with Crippen LogP contribution in [0.4, 0.5) is 0 Å². The van der Waals surface area contributed by atoms with Gasteiger partial charge in [0.05, 0.1) is 6.10 Å². The summed E-state index contributed by atoms with van der Waals surface area (Å²) in [4.78, 5) is 35.2. The highest BCUT2D eigenvalue weighted by Crippen LogP contribution is 2.24. The molecule has 0 radical (unpaired) electrons. The second kappa shape index (κ2) is 16.3. The van der Waals surface area contributed by atoms with Crippen LogP contribution < -0.4 is 0 Å². The van der Waals surface area contributed by atoms with E-state index in [0.29, 0.717) is 23.8 Å². The number of esters is 1. The molecular formula is C32H48O6. The standard InChI is InChI=1S/C32H48O6/c1-20(16-22(3)12-14-28-24(5)13-15-30(35)38-28)10-9-11-21(2)17-25(6)31(36)27(8)32(37)26(7)18-23(4)19-29(33)34/h9,11-15,17,19-20,22,24-28,32,37H,10,16,18H2,1-8H3,(H,33,34)/b11-9+,14-12+,21-17+,23-19+/t20?,22?,24-,25?,26?,27?,28-,32+/m0/s1. The van der Waals surface area contributed by atoms with Gasteiger partial charge in [0.15, 0.2) is 0 Å². The van der Waals surface area contributed by atoms with E-state index in [-0.39, 0.29) is 35.6 Å². The van der Waals surface area contributed by atoms with Crippen molar-refractivity contribution in [2.24, 2.45) is 35.5 Å². The van der Waals surface area contributed by atoms with Crippen molar-refractivity contribution in [2.75, 3.05) is 0 Å². The van der Waals surface area contributed by atoms with E-state index < -0.39 is 18.0 Å². The van der Waals surface area contributed by atoms with Gasteiger partial charge < -0.3 is 14.9 Å². The van der Waals surface area contributed by atoms with Crippen LogP contribution in [0.2, 0.25) is 0 Å². The van der Waals surface area contributed by atoms with Crippen LogP contribution in [0, 0.1) is 35.5 Å². The molecule has 0 aromatic heterocycles. The zero-order valence-corrected chi connectivity index (χ0v) is 24.4. The molecule has 0 aromatic carbocycles. The molecule has 0 fully saturated rings. The number of ketones is 1. The first-order chi connectivity index (χ1) is 17.7. The number of aliphatic carboxylic acids is 1. The number of rotatable bonds is 15. The minimum Gasteiger partial charge on any atom is -0.478 e. The number of aliphatic hydroxyl groups is 1. The quantitative estimate of drug-likeness (QED) is 0.109. The van der Waals surface area contributed by atoms with Crippen LogP contribution in [0.15, 0.2) is 59.8 Å². The van der Waals surface area contributed by atoms with Crippen LogP contribution in [-0.4, -0.2) is 40.1 Å². The van der Waals surface area contributed by atoms with Gasteiger partial charge in [-0.15, -0.1) is 0 Å². The molecule has 1 aliphatic heterocycles. The molecule has 0 saturated carbocycles. The molecule has 2 N–H and O–H groups in total. The molecule has 0 bridgehead atoms. The Morgan fingerprint density at radius 1 is 1.13 bits per heavy atom. The number of carbonyl (C=O) groups excluding carboxylic acids is 2. The molecule has 1 rings (SSSR count). The van der Waals surface area contributed by atoms with Crippen molar-refractivity contribution in [3.63, 3.8) is 0 Å². The lowest BCUT2D eigenvalue weighted by Gasteiger charge is -2.25. The van der Waals surface area contributed by atoms with Gasteiger partial charge in [-0.05, 0) is 56.9 Å². The Morgan fingerprint density at radius 3 is 2.42 bits per heavy atom. The lowest BCUT2D eigenvalue weighted by atomic mass is 9.83. The van der Waals surface area contributed by atoms with Gasteiger partial charge in [-0.1, -0.05) is 83.1 Å². The molecule has 8 atom stereocenters. The summed E-state index contributed by atoms with van der Waals surface area (Å²) in [5, 5.41) is 19.6. The molecule has 6 nitrogen and oxygen atoms in total. The SMILES string of the molecule is CC(/C=C/CC(C)CC(C)/C=C/[C@@H]1OC(=O)C=C[C@@H]1C)=C\C(C)C(=O)C(C)[C@H](O)C(C)C/C(C)=C/C(=O)O. The Labute approximate surface area is 229 Å². The van der Waals surface area contributed by atoms with E-state index in [4.69, 9.17) is 9.84 Å². The maximum atomic E-state index is 12.9. The van der Waals surface area contributed by atoms with Crippen molar-refractivity contribution in [1.82, 2.24) is 0 Å². The van der Waals surface area contributed by atoms with E-state index in [0.717, 1.165) is 24.5 Å². The van der Waals surface area contributed by atoms with Gasteiger partial charge in [-0.3, -0.25) is 4.79 Å². The number of aliphatic hydroxyl groups excluding tert-OH is 1. The first-order valence-electron chi connectivity index (χ1n) is 13.7. The largest absolute Gasteiger partial charge is 0.478 e. The molecule has 6 heteroatoms. The third kappa shape index (κ3) is 12.2. The average Bonchev–Trinajstić information content (AvgIpc) is 2.82. The Bertz CT molecular complexity index is 953. The number of carboxylic acids is 1. The molecule has 0 spiro atoms. The summed E-state index contributed by atoms with van der Waals surface area (Å²) in [6, 6.07) is 0. The van der Waals surface area contributed by atoms with Crippen LogP contribution in [0.5, 0.6) is 0 Å². The highest BCUT2D eigenvalue weighted by Gasteiger charge is 2.29. The van der Waals surface area contributed by atoms with E-state index in [1.165, 1.54) is 6.08 Å². The number of carboxylic acid groups (broad SMARTS) is 1. The summed E-state index contributed by atoms with van der Waals surface area (Å²) in [5.74, 6) is -1.41. The van der Waals surface area contributed by atoms with Crippen molar-refractivity contribution in [2.45, 2.75) is 86.9 Å². The van der Waals surface area contributed by atoms with Crippen LogP contribution >= 0.6 is 0 Å². The van der Waals surface area contributed by atoms with Crippen molar-refractivity contribution in [3.05, 3.63) is 59.8 Å². The van der Waals surface area contributed by atoms with Gasteiger partial charge in [0.2, 0.25) is 0 Å².